The van der Waals surface area contributed by atoms with E-state index in [4.69, 9.17) is 4.42 Å². The van der Waals surface area contributed by atoms with Crippen molar-refractivity contribution < 1.29 is 9.21 Å². The molecule has 0 atom stereocenters. The molecule has 132 valence electrons. The molecule has 0 bridgehead atoms. The predicted molar refractivity (Wildman–Crippen MR) is 94.6 cm³/mol. The average molecular weight is 323 g/mol. The number of likely N-dealkylation sites (N-methyl/N-ethyl adjacent to an activating group) is 1. The van der Waals surface area contributed by atoms with E-state index in [0.29, 0.717) is 12.5 Å². The van der Waals surface area contributed by atoms with E-state index < -0.39 is 0 Å². The molecular weight excluding hydrogens is 290 g/mol. The number of carbonyl (C=O) groups excluding carboxylic acids is 1. The third-order valence-corrected chi connectivity index (χ3v) is 4.03. The van der Waals surface area contributed by atoms with Crippen molar-refractivity contribution in [1.82, 2.24) is 15.1 Å². The van der Waals surface area contributed by atoms with Gasteiger partial charge >= 0.3 is 6.03 Å². The van der Waals surface area contributed by atoms with E-state index in [0.717, 1.165) is 49.8 Å². The normalized spacial score (nSPS) is 11.3. The number of aryl methyl sites for hydroxylation is 2. The minimum atomic E-state index is 0.00380. The quantitative estimate of drug-likeness (QED) is 0.757. The van der Waals surface area contributed by atoms with Crippen LogP contribution in [0, 0.1) is 19.8 Å². The summed E-state index contributed by atoms with van der Waals surface area (Å²) in [6.45, 7) is 17.4. The molecule has 0 fully saturated rings. The van der Waals surface area contributed by atoms with Crippen LogP contribution in [-0.4, -0.2) is 48.6 Å². The molecule has 0 saturated carbocycles. The van der Waals surface area contributed by atoms with Gasteiger partial charge in [-0.25, -0.2) is 4.79 Å². The van der Waals surface area contributed by atoms with Crippen LogP contribution in [0.25, 0.3) is 0 Å². The summed E-state index contributed by atoms with van der Waals surface area (Å²) in [6, 6.07) is 1.99. The van der Waals surface area contributed by atoms with Crippen molar-refractivity contribution >= 4 is 6.03 Å². The Hall–Kier alpha value is -1.49. The molecule has 1 aromatic rings. The molecule has 1 heterocycles. The minimum absolute atomic E-state index is 0.00380. The summed E-state index contributed by atoms with van der Waals surface area (Å²) >= 11 is 0. The number of furan rings is 1. The molecule has 0 spiro atoms. The zero-order chi connectivity index (χ0) is 17.4. The van der Waals surface area contributed by atoms with Crippen LogP contribution >= 0.6 is 0 Å². The maximum atomic E-state index is 12.5. The molecule has 0 aliphatic heterocycles. The van der Waals surface area contributed by atoms with Crippen molar-refractivity contribution in [2.24, 2.45) is 5.92 Å². The topological polar surface area (TPSA) is 48.7 Å². The van der Waals surface area contributed by atoms with E-state index in [2.05, 4.69) is 37.9 Å². The molecule has 1 rings (SSSR count). The minimum Gasteiger partial charge on any atom is -0.466 e. The summed E-state index contributed by atoms with van der Waals surface area (Å²) in [7, 11) is 0. The summed E-state index contributed by atoms with van der Waals surface area (Å²) in [5.74, 6) is 2.21. The van der Waals surface area contributed by atoms with E-state index in [1.165, 1.54) is 0 Å². The van der Waals surface area contributed by atoms with Crippen molar-refractivity contribution in [3.05, 3.63) is 23.2 Å². The summed E-state index contributed by atoms with van der Waals surface area (Å²) in [5.41, 5.74) is 1.05. The van der Waals surface area contributed by atoms with Gasteiger partial charge in [0.25, 0.3) is 0 Å². The van der Waals surface area contributed by atoms with Gasteiger partial charge in [-0.3, -0.25) is 0 Å². The highest BCUT2D eigenvalue weighted by molar-refractivity contribution is 5.74. The summed E-state index contributed by atoms with van der Waals surface area (Å²) < 4.78 is 5.51. The van der Waals surface area contributed by atoms with Crippen molar-refractivity contribution in [3.63, 3.8) is 0 Å². The first-order valence-electron chi connectivity index (χ1n) is 8.68. The Kier molecular flexibility index (Phi) is 8.17. The van der Waals surface area contributed by atoms with Gasteiger partial charge in [0.2, 0.25) is 0 Å². The Morgan fingerprint density at radius 3 is 2.35 bits per heavy atom. The lowest BCUT2D eigenvalue weighted by atomic mass is 10.2. The van der Waals surface area contributed by atoms with Gasteiger partial charge in [0, 0.05) is 31.7 Å². The highest BCUT2D eigenvalue weighted by Crippen LogP contribution is 2.13. The molecule has 1 aromatic heterocycles. The monoisotopic (exact) mass is 323 g/mol. The summed E-state index contributed by atoms with van der Waals surface area (Å²) in [5, 5.41) is 3.03. The fourth-order valence-corrected chi connectivity index (χ4v) is 2.66. The van der Waals surface area contributed by atoms with Crippen LogP contribution in [0.15, 0.2) is 10.5 Å². The fourth-order valence-electron chi connectivity index (χ4n) is 2.66. The van der Waals surface area contributed by atoms with Crippen molar-refractivity contribution in [3.8, 4) is 0 Å². The van der Waals surface area contributed by atoms with Crippen molar-refractivity contribution in [1.29, 1.82) is 0 Å². The molecule has 2 amide bonds. The Morgan fingerprint density at radius 1 is 1.22 bits per heavy atom. The predicted octanol–water partition coefficient (Wildman–Crippen LogP) is 3.41. The number of hydrogen-bond donors (Lipinski definition) is 1. The molecule has 23 heavy (non-hydrogen) atoms. The van der Waals surface area contributed by atoms with Gasteiger partial charge < -0.3 is 19.5 Å². The van der Waals surface area contributed by atoms with Gasteiger partial charge in [-0.2, -0.15) is 0 Å². The highest BCUT2D eigenvalue weighted by Gasteiger charge is 2.16. The van der Waals surface area contributed by atoms with E-state index in [1.54, 1.807) is 0 Å². The molecule has 0 aliphatic rings. The molecule has 1 N–H and O–H groups in total. The zero-order valence-corrected chi connectivity index (χ0v) is 15.6. The molecule has 5 heteroatoms. The second-order valence-electron chi connectivity index (χ2n) is 6.46. The fraction of sp³-hybridized carbons (Fsp3) is 0.722. The second kappa shape index (κ2) is 9.60. The maximum absolute atomic E-state index is 12.5. The van der Waals surface area contributed by atoms with E-state index in [1.807, 2.05) is 24.8 Å². The van der Waals surface area contributed by atoms with Crippen LogP contribution in [0.4, 0.5) is 4.79 Å². The number of nitrogens with zero attached hydrogens (tertiary/aromatic N) is 2. The Bertz CT molecular complexity index is 479. The van der Waals surface area contributed by atoms with Crippen LogP contribution in [0.5, 0.6) is 0 Å². The average Bonchev–Trinajstić information content (AvgIpc) is 2.82. The van der Waals surface area contributed by atoms with E-state index in [-0.39, 0.29) is 6.03 Å². The van der Waals surface area contributed by atoms with Crippen LogP contribution < -0.4 is 5.32 Å². The molecular formula is C18H33N3O2. The van der Waals surface area contributed by atoms with Gasteiger partial charge in [-0.15, -0.1) is 0 Å². The van der Waals surface area contributed by atoms with Crippen molar-refractivity contribution in [2.75, 3.05) is 32.7 Å². The van der Waals surface area contributed by atoms with Crippen molar-refractivity contribution in [2.45, 2.75) is 48.1 Å². The van der Waals surface area contributed by atoms with E-state index >= 15 is 0 Å². The van der Waals surface area contributed by atoms with Gasteiger partial charge in [0.15, 0.2) is 0 Å². The standard InChI is InChI=1S/C18H33N3O2/c1-7-20(8-2)9-10-21(13-14(3)4)18(22)19-12-17-11-15(5)23-16(17)6/h11,14H,7-10,12-13H2,1-6H3,(H,19,22). The SMILES string of the molecule is CCN(CC)CCN(CC(C)C)C(=O)NCc1cc(C)oc1C. The molecule has 0 saturated heterocycles. The third kappa shape index (κ3) is 6.65. The number of rotatable bonds is 9. The molecule has 0 radical (unpaired) electrons. The Balaban J connectivity index is 2.58. The molecule has 0 unspecified atom stereocenters. The first-order valence-corrected chi connectivity index (χ1v) is 8.68. The first kappa shape index (κ1) is 19.6. The lowest BCUT2D eigenvalue weighted by Gasteiger charge is -2.28. The highest BCUT2D eigenvalue weighted by atomic mass is 16.3. The number of urea groups is 1. The van der Waals surface area contributed by atoms with Crippen LogP contribution in [0.2, 0.25) is 0 Å². The lowest BCUT2D eigenvalue weighted by molar-refractivity contribution is 0.177. The molecule has 5 nitrogen and oxygen atoms in total. The van der Waals surface area contributed by atoms with Gasteiger partial charge in [0.1, 0.15) is 11.5 Å². The third-order valence-electron chi connectivity index (χ3n) is 4.03. The zero-order valence-electron chi connectivity index (χ0n) is 15.6. The number of hydrogen-bond acceptors (Lipinski definition) is 3. The maximum Gasteiger partial charge on any atom is 0.317 e. The van der Waals surface area contributed by atoms with Crippen LogP contribution in [0.3, 0.4) is 0 Å². The number of carbonyl (C=O) groups is 1. The Labute approximate surface area is 141 Å². The smallest absolute Gasteiger partial charge is 0.317 e. The number of nitrogens with one attached hydrogen (secondary N) is 1. The van der Waals surface area contributed by atoms with E-state index in [9.17, 15) is 4.79 Å². The Morgan fingerprint density at radius 2 is 1.87 bits per heavy atom. The van der Waals surface area contributed by atoms with Gasteiger partial charge in [0.05, 0.1) is 0 Å². The number of amides is 2. The molecule has 0 aliphatic carbocycles. The lowest BCUT2D eigenvalue weighted by Crippen LogP contribution is -2.45. The van der Waals surface area contributed by atoms with Crippen LogP contribution in [0.1, 0.15) is 44.8 Å². The summed E-state index contributed by atoms with van der Waals surface area (Å²) in [6.07, 6.45) is 0. The second-order valence-corrected chi connectivity index (χ2v) is 6.46. The van der Waals surface area contributed by atoms with Gasteiger partial charge in [-0.1, -0.05) is 27.7 Å². The largest absolute Gasteiger partial charge is 0.466 e. The molecule has 0 aromatic carbocycles. The van der Waals surface area contributed by atoms with Gasteiger partial charge in [-0.05, 0) is 38.9 Å². The summed E-state index contributed by atoms with van der Waals surface area (Å²) in [4.78, 5) is 16.8. The first-order chi connectivity index (χ1) is 10.9. The van der Waals surface area contributed by atoms with Crippen LogP contribution in [-0.2, 0) is 6.54 Å².